The Labute approximate surface area is 150 Å². The third-order valence-corrected chi connectivity index (χ3v) is 5.11. The van der Waals surface area contributed by atoms with E-state index >= 15 is 0 Å². The summed E-state index contributed by atoms with van der Waals surface area (Å²) in [4.78, 5) is 16.7. The van der Waals surface area contributed by atoms with Gasteiger partial charge in [0.1, 0.15) is 0 Å². The quantitative estimate of drug-likeness (QED) is 0.756. The number of carbonyl (C=O) groups excluding carboxylic acids is 1. The van der Waals surface area contributed by atoms with Crippen LogP contribution in [-0.4, -0.2) is 37.0 Å². The lowest BCUT2D eigenvalue weighted by Crippen LogP contribution is -2.48. The van der Waals surface area contributed by atoms with Gasteiger partial charge >= 0.3 is 0 Å². The van der Waals surface area contributed by atoms with Crippen LogP contribution in [0.25, 0.3) is 0 Å². The molecule has 3 nitrogen and oxygen atoms in total. The molecule has 1 saturated heterocycles. The monoisotopic (exact) mass is 392 g/mol. The predicted molar refractivity (Wildman–Crippen MR) is 98.4 cm³/mol. The van der Waals surface area contributed by atoms with Gasteiger partial charge in [0, 0.05) is 46.9 Å². The maximum absolute atomic E-state index is 12.5. The maximum atomic E-state index is 12.5. The largest absolute Gasteiger partial charge is 0.368 e. The molecule has 0 aromatic heterocycles. The lowest BCUT2D eigenvalue weighted by molar-refractivity contribution is 0.0747. The first-order valence-corrected chi connectivity index (χ1v) is 8.77. The van der Waals surface area contributed by atoms with Crippen molar-refractivity contribution in [1.82, 2.24) is 4.90 Å². The second-order valence-corrected chi connectivity index (χ2v) is 7.04. The predicted octanol–water partition coefficient (Wildman–Crippen LogP) is 4.37. The van der Waals surface area contributed by atoms with Crippen molar-refractivity contribution in [2.24, 2.45) is 0 Å². The number of nitrogens with zero attached hydrogens (tertiary/aromatic N) is 2. The zero-order valence-corrected chi connectivity index (χ0v) is 15.3. The van der Waals surface area contributed by atoms with Crippen molar-refractivity contribution in [3.8, 4) is 0 Å². The molecule has 1 aliphatic rings. The van der Waals surface area contributed by atoms with Gasteiger partial charge in [0.2, 0.25) is 0 Å². The van der Waals surface area contributed by atoms with E-state index in [2.05, 4.69) is 26.9 Å². The number of amides is 1. The fourth-order valence-corrected chi connectivity index (χ4v) is 3.16. The van der Waals surface area contributed by atoms with E-state index in [4.69, 9.17) is 11.6 Å². The molecule has 0 atom stereocenters. The minimum atomic E-state index is 0.0964. The third kappa shape index (κ3) is 3.70. The number of rotatable bonds is 2. The van der Waals surface area contributed by atoms with Crippen LogP contribution in [0.5, 0.6) is 0 Å². The Morgan fingerprint density at radius 2 is 1.70 bits per heavy atom. The van der Waals surface area contributed by atoms with Gasteiger partial charge in [-0.2, -0.15) is 0 Å². The summed E-state index contributed by atoms with van der Waals surface area (Å²) in [5.41, 5.74) is 2.94. The van der Waals surface area contributed by atoms with Gasteiger partial charge < -0.3 is 9.80 Å². The zero-order valence-electron chi connectivity index (χ0n) is 12.9. The van der Waals surface area contributed by atoms with Crippen LogP contribution in [0.2, 0.25) is 5.02 Å². The topological polar surface area (TPSA) is 23.6 Å². The minimum Gasteiger partial charge on any atom is -0.368 e. The van der Waals surface area contributed by atoms with E-state index in [0.717, 1.165) is 52.5 Å². The highest BCUT2D eigenvalue weighted by molar-refractivity contribution is 9.10. The van der Waals surface area contributed by atoms with Crippen LogP contribution in [0, 0.1) is 6.92 Å². The molecule has 5 heteroatoms. The fraction of sp³-hybridized carbons (Fsp3) is 0.278. The summed E-state index contributed by atoms with van der Waals surface area (Å²) in [5, 5.41) is 0.788. The molecule has 0 aliphatic carbocycles. The fourth-order valence-electron chi connectivity index (χ4n) is 2.72. The van der Waals surface area contributed by atoms with E-state index in [1.165, 1.54) is 0 Å². The molecule has 0 unspecified atom stereocenters. The molecule has 2 aromatic rings. The van der Waals surface area contributed by atoms with Crippen molar-refractivity contribution < 1.29 is 4.79 Å². The molecular weight excluding hydrogens is 376 g/mol. The highest BCUT2D eigenvalue weighted by atomic mass is 79.9. The lowest BCUT2D eigenvalue weighted by atomic mass is 10.1. The Balaban J connectivity index is 1.64. The molecule has 1 amide bonds. The highest BCUT2D eigenvalue weighted by Gasteiger charge is 2.22. The Hall–Kier alpha value is -1.52. The second kappa shape index (κ2) is 6.93. The molecule has 23 heavy (non-hydrogen) atoms. The van der Waals surface area contributed by atoms with Gasteiger partial charge in [0.15, 0.2) is 0 Å². The molecule has 0 bridgehead atoms. The number of benzene rings is 2. The molecule has 2 aromatic carbocycles. The number of piperazine rings is 1. The molecule has 0 spiro atoms. The van der Waals surface area contributed by atoms with Gasteiger partial charge in [-0.15, -0.1) is 0 Å². The van der Waals surface area contributed by atoms with Crippen LogP contribution in [0.4, 0.5) is 5.69 Å². The van der Waals surface area contributed by atoms with Crippen molar-refractivity contribution in [3.05, 3.63) is 63.1 Å². The second-order valence-electron chi connectivity index (χ2n) is 5.72. The number of anilines is 1. The van der Waals surface area contributed by atoms with Gasteiger partial charge in [-0.05, 0) is 48.9 Å². The van der Waals surface area contributed by atoms with Crippen LogP contribution in [0.15, 0.2) is 46.9 Å². The highest BCUT2D eigenvalue weighted by Crippen LogP contribution is 2.24. The first-order chi connectivity index (χ1) is 11.0. The van der Waals surface area contributed by atoms with Crippen LogP contribution in [-0.2, 0) is 0 Å². The van der Waals surface area contributed by atoms with Crippen LogP contribution >= 0.6 is 27.5 Å². The van der Waals surface area contributed by atoms with Gasteiger partial charge in [-0.25, -0.2) is 0 Å². The summed E-state index contributed by atoms with van der Waals surface area (Å²) in [5.74, 6) is 0.0964. The molecule has 1 aliphatic heterocycles. The standard InChI is InChI=1S/C18H18BrClN2O/c1-13-2-7-16(12-17(13)20)21-8-10-22(11-9-21)18(23)14-3-5-15(19)6-4-14/h2-7,12H,8-11H2,1H3. The van der Waals surface area contributed by atoms with E-state index in [1.54, 1.807) is 0 Å². The Bertz CT molecular complexity index is 709. The summed E-state index contributed by atoms with van der Waals surface area (Å²) in [6.07, 6.45) is 0. The van der Waals surface area contributed by atoms with E-state index in [9.17, 15) is 4.79 Å². The molecular formula is C18H18BrClN2O. The van der Waals surface area contributed by atoms with Gasteiger partial charge in [0.25, 0.3) is 5.91 Å². The maximum Gasteiger partial charge on any atom is 0.253 e. The van der Waals surface area contributed by atoms with Crippen molar-refractivity contribution >= 4 is 39.1 Å². The van der Waals surface area contributed by atoms with E-state index in [1.807, 2.05) is 48.2 Å². The molecule has 120 valence electrons. The number of carbonyl (C=O) groups is 1. The molecule has 1 fully saturated rings. The van der Waals surface area contributed by atoms with Crippen LogP contribution in [0.3, 0.4) is 0 Å². The molecule has 0 radical (unpaired) electrons. The third-order valence-electron chi connectivity index (χ3n) is 4.18. The Kier molecular flexibility index (Phi) is 4.93. The number of halogens is 2. The van der Waals surface area contributed by atoms with Crippen LogP contribution in [0.1, 0.15) is 15.9 Å². The van der Waals surface area contributed by atoms with Crippen molar-refractivity contribution in [3.63, 3.8) is 0 Å². The summed E-state index contributed by atoms with van der Waals surface area (Å²) in [6, 6.07) is 13.7. The first kappa shape index (κ1) is 16.3. The van der Waals surface area contributed by atoms with Crippen molar-refractivity contribution in [2.45, 2.75) is 6.92 Å². The summed E-state index contributed by atoms with van der Waals surface area (Å²) in [7, 11) is 0. The average Bonchev–Trinajstić information content (AvgIpc) is 2.57. The van der Waals surface area contributed by atoms with Crippen LogP contribution < -0.4 is 4.90 Å². The summed E-state index contributed by atoms with van der Waals surface area (Å²) < 4.78 is 0.982. The number of hydrogen-bond acceptors (Lipinski definition) is 2. The lowest BCUT2D eigenvalue weighted by Gasteiger charge is -2.36. The molecule has 1 heterocycles. The van der Waals surface area contributed by atoms with E-state index in [-0.39, 0.29) is 5.91 Å². The summed E-state index contributed by atoms with van der Waals surface area (Å²) in [6.45, 7) is 5.09. The minimum absolute atomic E-state index is 0.0964. The molecule has 0 saturated carbocycles. The van der Waals surface area contributed by atoms with Gasteiger partial charge in [-0.3, -0.25) is 4.79 Å². The van der Waals surface area contributed by atoms with Crippen molar-refractivity contribution in [2.75, 3.05) is 31.1 Å². The molecule has 3 rings (SSSR count). The SMILES string of the molecule is Cc1ccc(N2CCN(C(=O)c3ccc(Br)cc3)CC2)cc1Cl. The zero-order chi connectivity index (χ0) is 16.4. The number of hydrogen-bond donors (Lipinski definition) is 0. The molecule has 0 N–H and O–H groups in total. The normalized spacial score (nSPS) is 14.9. The smallest absolute Gasteiger partial charge is 0.253 e. The van der Waals surface area contributed by atoms with E-state index < -0.39 is 0 Å². The average molecular weight is 394 g/mol. The summed E-state index contributed by atoms with van der Waals surface area (Å²) >= 11 is 9.60. The van der Waals surface area contributed by atoms with Gasteiger partial charge in [-0.1, -0.05) is 33.6 Å². The Morgan fingerprint density at radius 1 is 1.04 bits per heavy atom. The first-order valence-electron chi connectivity index (χ1n) is 7.60. The number of aryl methyl sites for hydroxylation is 1. The van der Waals surface area contributed by atoms with Gasteiger partial charge in [0.05, 0.1) is 0 Å². The van der Waals surface area contributed by atoms with E-state index in [0.29, 0.717) is 0 Å². The van der Waals surface area contributed by atoms with Crippen molar-refractivity contribution in [1.29, 1.82) is 0 Å². The Morgan fingerprint density at radius 3 is 2.30 bits per heavy atom.